The molecule has 0 saturated carbocycles. The van der Waals surface area contributed by atoms with Gasteiger partial charge < -0.3 is 9.84 Å². The molecule has 1 aliphatic rings. The van der Waals surface area contributed by atoms with E-state index in [1.165, 1.54) is 42.2 Å². The second-order valence-corrected chi connectivity index (χ2v) is 9.02. The Labute approximate surface area is 192 Å². The maximum atomic E-state index is 9.36. The lowest BCUT2D eigenvalue weighted by Gasteiger charge is -2.38. The van der Waals surface area contributed by atoms with E-state index in [0.29, 0.717) is 6.04 Å². The first kappa shape index (κ1) is 22.8. The van der Waals surface area contributed by atoms with Crippen molar-refractivity contribution in [3.05, 3.63) is 71.9 Å². The van der Waals surface area contributed by atoms with Gasteiger partial charge in [-0.1, -0.05) is 36.8 Å². The maximum Gasteiger partial charge on any atom is 0.119 e. The first-order valence-corrected chi connectivity index (χ1v) is 12.1. The molecule has 1 atom stereocenters. The van der Waals surface area contributed by atoms with Crippen LogP contribution in [0.5, 0.6) is 5.75 Å². The van der Waals surface area contributed by atoms with Gasteiger partial charge in [-0.05, 0) is 92.9 Å². The fourth-order valence-corrected chi connectivity index (χ4v) is 5.18. The smallest absolute Gasteiger partial charge is 0.119 e. The van der Waals surface area contributed by atoms with Crippen molar-refractivity contribution in [1.82, 2.24) is 9.88 Å². The lowest BCUT2D eigenvalue weighted by atomic mass is 9.88. The van der Waals surface area contributed by atoms with E-state index in [9.17, 15) is 5.11 Å². The summed E-state index contributed by atoms with van der Waals surface area (Å²) in [6, 6.07) is 19.6. The number of hydrogen-bond acceptors (Lipinski definition) is 4. The second kappa shape index (κ2) is 11.4. The largest absolute Gasteiger partial charge is 0.497 e. The number of pyridine rings is 1. The molecule has 0 spiro atoms. The molecule has 4 heteroatoms. The van der Waals surface area contributed by atoms with Gasteiger partial charge in [0.1, 0.15) is 5.75 Å². The summed E-state index contributed by atoms with van der Waals surface area (Å²) in [6.07, 6.45) is 9.96. The standard InChI is InChI=1S/C28H36N2O2/c1-32-25-12-13-27-26(21-25)23(14-17-29-27)10-5-7-22-15-18-30(19-16-22)28(11-6-20-31)24-8-3-2-4-9-24/h2-4,8-9,12-14,17,21-22,28,31H,5-7,10-11,15-16,18-20H2,1H3. The van der Waals surface area contributed by atoms with Crippen LogP contribution in [0.3, 0.4) is 0 Å². The zero-order valence-electron chi connectivity index (χ0n) is 19.2. The Hall–Kier alpha value is -2.43. The number of likely N-dealkylation sites (tertiary alicyclic amines) is 1. The molecule has 4 rings (SSSR count). The Morgan fingerprint density at radius 2 is 1.88 bits per heavy atom. The minimum Gasteiger partial charge on any atom is -0.497 e. The van der Waals surface area contributed by atoms with Crippen LogP contribution in [-0.4, -0.2) is 41.8 Å². The van der Waals surface area contributed by atoms with Gasteiger partial charge in [-0.3, -0.25) is 9.88 Å². The third-order valence-corrected chi connectivity index (χ3v) is 7.01. The molecule has 3 aromatic rings. The normalized spacial score (nSPS) is 16.3. The van der Waals surface area contributed by atoms with Crippen molar-refractivity contribution in [2.24, 2.45) is 5.92 Å². The van der Waals surface area contributed by atoms with Crippen molar-refractivity contribution in [2.75, 3.05) is 26.8 Å². The molecular weight excluding hydrogens is 396 g/mol. The molecule has 4 nitrogen and oxygen atoms in total. The maximum absolute atomic E-state index is 9.36. The molecule has 0 aliphatic carbocycles. The van der Waals surface area contributed by atoms with Crippen LogP contribution in [0.25, 0.3) is 10.9 Å². The first-order valence-electron chi connectivity index (χ1n) is 12.1. The van der Waals surface area contributed by atoms with Gasteiger partial charge in [0, 0.05) is 24.2 Å². The molecule has 0 bridgehead atoms. The van der Waals surface area contributed by atoms with Crippen LogP contribution in [0.1, 0.15) is 55.7 Å². The number of fused-ring (bicyclic) bond motifs is 1. The van der Waals surface area contributed by atoms with E-state index in [2.05, 4.69) is 52.3 Å². The Balaban J connectivity index is 1.30. The van der Waals surface area contributed by atoms with Gasteiger partial charge in [0.2, 0.25) is 0 Å². The highest BCUT2D eigenvalue weighted by molar-refractivity contribution is 5.83. The molecule has 1 saturated heterocycles. The zero-order valence-corrected chi connectivity index (χ0v) is 19.2. The molecule has 0 radical (unpaired) electrons. The van der Waals surface area contributed by atoms with E-state index in [1.807, 2.05) is 18.3 Å². The van der Waals surface area contributed by atoms with Gasteiger partial charge in [0.15, 0.2) is 0 Å². The second-order valence-electron chi connectivity index (χ2n) is 9.02. The van der Waals surface area contributed by atoms with Gasteiger partial charge in [-0.25, -0.2) is 0 Å². The monoisotopic (exact) mass is 432 g/mol. The highest BCUT2D eigenvalue weighted by Gasteiger charge is 2.25. The molecule has 1 aliphatic heterocycles. The number of aliphatic hydroxyl groups is 1. The molecule has 32 heavy (non-hydrogen) atoms. The molecule has 1 N–H and O–H groups in total. The minimum absolute atomic E-state index is 0.273. The van der Waals surface area contributed by atoms with E-state index in [0.717, 1.165) is 49.5 Å². The predicted molar refractivity (Wildman–Crippen MR) is 131 cm³/mol. The minimum atomic E-state index is 0.273. The van der Waals surface area contributed by atoms with Crippen LogP contribution < -0.4 is 4.74 Å². The molecule has 170 valence electrons. The summed E-state index contributed by atoms with van der Waals surface area (Å²) in [6.45, 7) is 2.59. The van der Waals surface area contributed by atoms with Crippen LogP contribution in [0.15, 0.2) is 60.8 Å². The average molecular weight is 433 g/mol. The number of aliphatic hydroxyl groups excluding tert-OH is 1. The van der Waals surface area contributed by atoms with Gasteiger partial charge in [-0.15, -0.1) is 0 Å². The van der Waals surface area contributed by atoms with Gasteiger partial charge in [0.05, 0.1) is 12.6 Å². The van der Waals surface area contributed by atoms with Crippen LogP contribution in [0.2, 0.25) is 0 Å². The molecule has 0 amide bonds. The number of ether oxygens (including phenoxy) is 1. The average Bonchev–Trinajstić information content (AvgIpc) is 2.85. The Bertz CT molecular complexity index is 968. The van der Waals surface area contributed by atoms with Gasteiger partial charge in [0.25, 0.3) is 0 Å². The predicted octanol–water partition coefficient (Wildman–Crippen LogP) is 5.79. The van der Waals surface area contributed by atoms with E-state index < -0.39 is 0 Å². The van der Waals surface area contributed by atoms with Crippen LogP contribution in [-0.2, 0) is 6.42 Å². The molecule has 1 unspecified atom stereocenters. The van der Waals surface area contributed by atoms with Crippen molar-refractivity contribution in [3.63, 3.8) is 0 Å². The fraction of sp³-hybridized carbons (Fsp3) is 0.464. The van der Waals surface area contributed by atoms with Crippen LogP contribution in [0, 0.1) is 5.92 Å². The summed E-state index contributed by atoms with van der Waals surface area (Å²) in [7, 11) is 1.72. The Kier molecular flexibility index (Phi) is 8.13. The quantitative estimate of drug-likeness (QED) is 0.440. The SMILES string of the molecule is COc1ccc2nccc(CCCC3CCN(C(CCCO)c4ccccc4)CC3)c2c1. The zero-order chi connectivity index (χ0) is 22.2. The summed E-state index contributed by atoms with van der Waals surface area (Å²) < 4.78 is 5.42. The summed E-state index contributed by atoms with van der Waals surface area (Å²) in [4.78, 5) is 7.15. The summed E-state index contributed by atoms with van der Waals surface area (Å²) in [5, 5.41) is 10.6. The van der Waals surface area contributed by atoms with E-state index in [1.54, 1.807) is 7.11 Å². The lowest BCUT2D eigenvalue weighted by Crippen LogP contribution is -2.37. The Morgan fingerprint density at radius 1 is 1.06 bits per heavy atom. The molecule has 2 heterocycles. The van der Waals surface area contributed by atoms with Crippen molar-refractivity contribution in [1.29, 1.82) is 0 Å². The van der Waals surface area contributed by atoms with Gasteiger partial charge in [-0.2, -0.15) is 0 Å². The molecule has 1 aromatic heterocycles. The third-order valence-electron chi connectivity index (χ3n) is 7.01. The lowest BCUT2D eigenvalue weighted by molar-refractivity contribution is 0.116. The number of benzene rings is 2. The number of methoxy groups -OCH3 is 1. The van der Waals surface area contributed by atoms with E-state index >= 15 is 0 Å². The molecule has 2 aromatic carbocycles. The number of piperidine rings is 1. The van der Waals surface area contributed by atoms with Crippen LogP contribution in [0.4, 0.5) is 0 Å². The third kappa shape index (κ3) is 5.67. The van der Waals surface area contributed by atoms with Gasteiger partial charge >= 0.3 is 0 Å². The first-order chi connectivity index (χ1) is 15.8. The molecular formula is C28H36N2O2. The summed E-state index contributed by atoms with van der Waals surface area (Å²) in [5.74, 6) is 1.71. The number of nitrogens with zero attached hydrogens (tertiary/aromatic N) is 2. The number of aryl methyl sites for hydroxylation is 1. The summed E-state index contributed by atoms with van der Waals surface area (Å²) in [5.41, 5.74) is 3.81. The Morgan fingerprint density at radius 3 is 2.62 bits per heavy atom. The van der Waals surface area contributed by atoms with Crippen LogP contribution >= 0.6 is 0 Å². The van der Waals surface area contributed by atoms with E-state index in [-0.39, 0.29) is 6.61 Å². The number of aromatic nitrogens is 1. The van der Waals surface area contributed by atoms with Crippen molar-refractivity contribution < 1.29 is 9.84 Å². The summed E-state index contributed by atoms with van der Waals surface area (Å²) >= 11 is 0. The van der Waals surface area contributed by atoms with Crippen molar-refractivity contribution >= 4 is 10.9 Å². The highest BCUT2D eigenvalue weighted by atomic mass is 16.5. The molecule has 1 fully saturated rings. The topological polar surface area (TPSA) is 45.6 Å². The van der Waals surface area contributed by atoms with Crippen molar-refractivity contribution in [2.45, 2.75) is 51.0 Å². The number of hydrogen-bond donors (Lipinski definition) is 1. The number of rotatable bonds is 10. The fourth-order valence-electron chi connectivity index (χ4n) is 5.18. The van der Waals surface area contributed by atoms with E-state index in [4.69, 9.17) is 4.74 Å². The highest BCUT2D eigenvalue weighted by Crippen LogP contribution is 2.32. The van der Waals surface area contributed by atoms with Crippen molar-refractivity contribution in [3.8, 4) is 5.75 Å².